The molecule has 0 aliphatic heterocycles. The number of hydrogen-bond acceptors (Lipinski definition) is 3. The van der Waals surface area contributed by atoms with Crippen LogP contribution in [0.5, 0.6) is 5.75 Å². The molecule has 138 valence electrons. The second-order valence-corrected chi connectivity index (χ2v) is 7.98. The number of benzene rings is 3. The van der Waals surface area contributed by atoms with Gasteiger partial charge >= 0.3 is 0 Å². The van der Waals surface area contributed by atoms with Gasteiger partial charge in [-0.2, -0.15) is 0 Å². The average Bonchev–Trinajstić information content (AvgIpc) is 2.70. The number of aromatic nitrogens is 2. The Morgan fingerprint density at radius 1 is 0.893 bits per heavy atom. The molecule has 0 atom stereocenters. The van der Waals surface area contributed by atoms with Crippen LogP contribution in [0.25, 0.3) is 28.7 Å². The van der Waals surface area contributed by atoms with Gasteiger partial charge in [-0.25, -0.2) is 4.98 Å². The molecule has 0 radical (unpaired) electrons. The summed E-state index contributed by atoms with van der Waals surface area (Å²) in [6.07, 6.45) is 3.48. The average molecular weight is 498 g/mol. The van der Waals surface area contributed by atoms with Crippen molar-refractivity contribution in [1.29, 1.82) is 0 Å². The van der Waals surface area contributed by atoms with Crippen LogP contribution in [0.3, 0.4) is 0 Å². The first kappa shape index (κ1) is 18.7. The van der Waals surface area contributed by atoms with Crippen molar-refractivity contribution < 1.29 is 5.11 Å². The first-order chi connectivity index (χ1) is 13.5. The smallest absolute Gasteiger partial charge is 0.266 e. The molecule has 4 aromatic rings. The SMILES string of the molecule is O=c1c2cc(Br)ccc2nc(/C=C/c2cc(Br)ccc2O)n1-c1ccccc1. The summed E-state index contributed by atoms with van der Waals surface area (Å²) in [6, 6.07) is 20.0. The Hall–Kier alpha value is -2.70. The van der Waals surface area contributed by atoms with Crippen molar-refractivity contribution >= 4 is 54.9 Å². The van der Waals surface area contributed by atoms with Crippen LogP contribution in [0.1, 0.15) is 11.4 Å². The largest absolute Gasteiger partial charge is 0.507 e. The first-order valence-corrected chi connectivity index (χ1v) is 10.1. The van der Waals surface area contributed by atoms with Crippen LogP contribution in [0, 0.1) is 0 Å². The maximum atomic E-state index is 13.2. The van der Waals surface area contributed by atoms with Crippen molar-refractivity contribution in [1.82, 2.24) is 9.55 Å². The van der Waals surface area contributed by atoms with Crippen molar-refractivity contribution in [2.45, 2.75) is 0 Å². The summed E-state index contributed by atoms with van der Waals surface area (Å²) < 4.78 is 3.24. The van der Waals surface area contributed by atoms with Crippen LogP contribution in [-0.4, -0.2) is 14.7 Å². The summed E-state index contributed by atoms with van der Waals surface area (Å²) in [5.74, 6) is 0.628. The van der Waals surface area contributed by atoms with E-state index in [1.807, 2.05) is 42.5 Å². The number of aromatic hydroxyl groups is 1. The van der Waals surface area contributed by atoms with Crippen molar-refractivity contribution in [3.8, 4) is 11.4 Å². The summed E-state index contributed by atoms with van der Waals surface area (Å²) in [6.45, 7) is 0. The standard InChI is InChI=1S/C22H14Br2N2O2/c23-15-8-10-20(27)14(12-15)6-11-21-25-19-9-7-16(24)13-18(19)22(28)26(21)17-4-2-1-3-5-17/h1-13,27H/b11-6+. The van der Waals surface area contributed by atoms with E-state index in [0.717, 1.165) is 14.6 Å². The Bertz CT molecular complexity index is 1270. The normalized spacial score (nSPS) is 11.4. The van der Waals surface area contributed by atoms with Gasteiger partial charge in [0, 0.05) is 14.5 Å². The molecule has 28 heavy (non-hydrogen) atoms. The summed E-state index contributed by atoms with van der Waals surface area (Å²) in [5.41, 5.74) is 1.80. The second-order valence-electron chi connectivity index (χ2n) is 6.14. The van der Waals surface area contributed by atoms with Gasteiger partial charge in [0.1, 0.15) is 11.6 Å². The monoisotopic (exact) mass is 496 g/mol. The Labute approximate surface area is 178 Å². The minimum absolute atomic E-state index is 0.151. The number of para-hydroxylation sites is 1. The van der Waals surface area contributed by atoms with Gasteiger partial charge in [0.15, 0.2) is 0 Å². The lowest BCUT2D eigenvalue weighted by atomic mass is 10.2. The summed E-state index contributed by atoms with van der Waals surface area (Å²) in [5, 5.41) is 10.6. The number of fused-ring (bicyclic) bond motifs is 1. The minimum Gasteiger partial charge on any atom is -0.507 e. The third-order valence-electron chi connectivity index (χ3n) is 4.27. The maximum Gasteiger partial charge on any atom is 0.266 e. The van der Waals surface area contributed by atoms with Crippen LogP contribution < -0.4 is 5.56 Å². The molecule has 1 heterocycles. The molecule has 3 aromatic carbocycles. The van der Waals surface area contributed by atoms with E-state index < -0.39 is 0 Å². The zero-order valence-electron chi connectivity index (χ0n) is 14.5. The van der Waals surface area contributed by atoms with E-state index in [4.69, 9.17) is 0 Å². The van der Waals surface area contributed by atoms with Crippen molar-refractivity contribution in [3.63, 3.8) is 0 Å². The van der Waals surface area contributed by atoms with E-state index in [0.29, 0.717) is 22.3 Å². The van der Waals surface area contributed by atoms with Gasteiger partial charge in [-0.15, -0.1) is 0 Å². The van der Waals surface area contributed by atoms with Gasteiger partial charge < -0.3 is 5.11 Å². The van der Waals surface area contributed by atoms with Gasteiger partial charge in [-0.3, -0.25) is 9.36 Å². The molecule has 0 saturated heterocycles. The van der Waals surface area contributed by atoms with E-state index in [9.17, 15) is 9.90 Å². The van der Waals surface area contributed by atoms with Crippen molar-refractivity contribution in [2.75, 3.05) is 0 Å². The van der Waals surface area contributed by atoms with E-state index in [1.54, 1.807) is 41.0 Å². The molecule has 4 nitrogen and oxygen atoms in total. The van der Waals surface area contributed by atoms with E-state index >= 15 is 0 Å². The third-order valence-corrected chi connectivity index (χ3v) is 5.26. The fourth-order valence-electron chi connectivity index (χ4n) is 2.94. The van der Waals surface area contributed by atoms with Crippen molar-refractivity contribution in [3.05, 3.63) is 97.4 Å². The number of phenolic OH excluding ortho intramolecular Hbond substituents is 1. The highest BCUT2D eigenvalue weighted by Gasteiger charge is 2.11. The molecule has 1 aromatic heterocycles. The van der Waals surface area contributed by atoms with Crippen LogP contribution >= 0.6 is 31.9 Å². The lowest BCUT2D eigenvalue weighted by molar-refractivity contribution is 0.474. The summed E-state index contributed by atoms with van der Waals surface area (Å²) >= 11 is 6.82. The molecule has 1 N–H and O–H groups in total. The van der Waals surface area contributed by atoms with E-state index in [-0.39, 0.29) is 11.3 Å². The van der Waals surface area contributed by atoms with Crippen LogP contribution in [0.4, 0.5) is 0 Å². The molecule has 0 saturated carbocycles. The van der Waals surface area contributed by atoms with Crippen LogP contribution in [-0.2, 0) is 0 Å². The predicted molar refractivity (Wildman–Crippen MR) is 120 cm³/mol. The summed E-state index contributed by atoms with van der Waals surface area (Å²) in [4.78, 5) is 17.9. The highest BCUT2D eigenvalue weighted by Crippen LogP contribution is 2.24. The third kappa shape index (κ3) is 3.66. The fraction of sp³-hybridized carbons (Fsp3) is 0. The Balaban J connectivity index is 1.96. The van der Waals surface area contributed by atoms with E-state index in [1.165, 1.54) is 0 Å². The second kappa shape index (κ2) is 7.73. The summed E-state index contributed by atoms with van der Waals surface area (Å²) in [7, 11) is 0. The van der Waals surface area contributed by atoms with Gasteiger partial charge in [-0.1, -0.05) is 50.1 Å². The molecule has 0 spiro atoms. The molecule has 0 aliphatic carbocycles. The Kier molecular flexibility index (Phi) is 5.15. The molecule has 0 amide bonds. The lowest BCUT2D eigenvalue weighted by Crippen LogP contribution is -2.22. The molecular weight excluding hydrogens is 484 g/mol. The van der Waals surface area contributed by atoms with Gasteiger partial charge in [0.2, 0.25) is 0 Å². The number of hydrogen-bond donors (Lipinski definition) is 1. The highest BCUT2D eigenvalue weighted by molar-refractivity contribution is 9.10. The number of phenols is 1. The lowest BCUT2D eigenvalue weighted by Gasteiger charge is -2.11. The Morgan fingerprint density at radius 2 is 1.61 bits per heavy atom. The Morgan fingerprint density at radius 3 is 2.39 bits per heavy atom. The number of rotatable bonds is 3. The zero-order chi connectivity index (χ0) is 19.7. The fourth-order valence-corrected chi connectivity index (χ4v) is 3.68. The molecule has 0 fully saturated rings. The first-order valence-electron chi connectivity index (χ1n) is 8.47. The van der Waals surface area contributed by atoms with Crippen LogP contribution in [0.15, 0.2) is 80.5 Å². The minimum atomic E-state index is -0.157. The van der Waals surface area contributed by atoms with Crippen LogP contribution in [0.2, 0.25) is 0 Å². The maximum absolute atomic E-state index is 13.2. The topological polar surface area (TPSA) is 55.1 Å². The molecule has 0 aliphatic rings. The van der Waals surface area contributed by atoms with E-state index in [2.05, 4.69) is 36.8 Å². The van der Waals surface area contributed by atoms with Gasteiger partial charge in [0.05, 0.1) is 16.6 Å². The quantitative estimate of drug-likeness (QED) is 0.390. The zero-order valence-corrected chi connectivity index (χ0v) is 17.7. The number of nitrogens with zero attached hydrogens (tertiary/aromatic N) is 2. The highest BCUT2D eigenvalue weighted by atomic mass is 79.9. The predicted octanol–water partition coefficient (Wildman–Crippen LogP) is 5.79. The molecule has 6 heteroatoms. The molecular formula is C22H14Br2N2O2. The van der Waals surface area contributed by atoms with Gasteiger partial charge in [-0.05, 0) is 60.7 Å². The molecule has 0 bridgehead atoms. The molecule has 0 unspecified atom stereocenters. The van der Waals surface area contributed by atoms with Gasteiger partial charge in [0.25, 0.3) is 5.56 Å². The number of halogens is 2. The molecule has 4 rings (SSSR count). The van der Waals surface area contributed by atoms with Crippen molar-refractivity contribution in [2.24, 2.45) is 0 Å².